The Kier molecular flexibility index (Phi) is 3.54. The van der Waals surface area contributed by atoms with E-state index >= 15 is 0 Å². The zero-order chi connectivity index (χ0) is 17.8. The van der Waals surface area contributed by atoms with E-state index in [9.17, 15) is 9.59 Å². The van der Waals surface area contributed by atoms with E-state index in [0.29, 0.717) is 12.8 Å². The summed E-state index contributed by atoms with van der Waals surface area (Å²) in [7, 11) is -1.49. The first kappa shape index (κ1) is 16.0. The van der Waals surface area contributed by atoms with Gasteiger partial charge in [-0.2, -0.15) is 0 Å². The number of nitrogens with one attached hydrogen (secondary N) is 1. The van der Waals surface area contributed by atoms with Gasteiger partial charge in [0.25, 0.3) is 0 Å². The van der Waals surface area contributed by atoms with Crippen LogP contribution >= 0.6 is 0 Å². The van der Waals surface area contributed by atoms with E-state index in [0.717, 1.165) is 21.9 Å². The Balaban J connectivity index is 2.02. The van der Waals surface area contributed by atoms with Crippen molar-refractivity contribution in [3.05, 3.63) is 36.5 Å². The summed E-state index contributed by atoms with van der Waals surface area (Å²) in [6.07, 6.45) is 2.62. The zero-order valence-corrected chi connectivity index (χ0v) is 15.7. The highest BCUT2D eigenvalue weighted by atomic mass is 28.3. The number of benzene rings is 1. The molecule has 128 valence electrons. The topological polar surface area (TPSA) is 64.0 Å². The van der Waals surface area contributed by atoms with Crippen molar-refractivity contribution in [1.82, 2.24) is 14.9 Å². The third kappa shape index (κ3) is 2.57. The first-order valence-electron chi connectivity index (χ1n) is 8.59. The monoisotopic (exact) mass is 351 g/mol. The van der Waals surface area contributed by atoms with Crippen LogP contribution in [0.25, 0.3) is 21.9 Å². The van der Waals surface area contributed by atoms with E-state index in [2.05, 4.69) is 48.1 Å². The summed E-state index contributed by atoms with van der Waals surface area (Å²) < 4.78 is 2.02. The van der Waals surface area contributed by atoms with Crippen molar-refractivity contribution in [2.75, 3.05) is 0 Å². The maximum atomic E-state index is 12.5. The SMILES string of the molecule is C[Si](C)(C)c1ccc2c3cccnc3n(C3CCC(=O)NC3=O)c2c1. The molecule has 25 heavy (non-hydrogen) atoms. The molecule has 5 nitrogen and oxygen atoms in total. The second-order valence-corrected chi connectivity index (χ2v) is 12.8. The number of carbonyl (C=O) groups excluding carboxylic acids is 2. The van der Waals surface area contributed by atoms with Gasteiger partial charge in [0.15, 0.2) is 0 Å². The number of rotatable bonds is 2. The molecule has 0 bridgehead atoms. The summed E-state index contributed by atoms with van der Waals surface area (Å²) >= 11 is 0. The van der Waals surface area contributed by atoms with Crippen molar-refractivity contribution in [2.45, 2.75) is 38.5 Å². The number of fused-ring (bicyclic) bond motifs is 3. The summed E-state index contributed by atoms with van der Waals surface area (Å²) in [6.45, 7) is 6.93. The van der Waals surface area contributed by atoms with Gasteiger partial charge in [-0.15, -0.1) is 0 Å². The van der Waals surface area contributed by atoms with Crippen LogP contribution in [0.5, 0.6) is 0 Å². The number of hydrogen-bond donors (Lipinski definition) is 1. The van der Waals surface area contributed by atoms with Gasteiger partial charge in [0, 0.05) is 23.4 Å². The van der Waals surface area contributed by atoms with Gasteiger partial charge < -0.3 is 4.57 Å². The van der Waals surface area contributed by atoms with Crippen LogP contribution in [0.1, 0.15) is 18.9 Å². The van der Waals surface area contributed by atoms with Gasteiger partial charge in [0.1, 0.15) is 11.7 Å². The van der Waals surface area contributed by atoms with Crippen LogP contribution in [0, 0.1) is 0 Å². The number of aromatic nitrogens is 2. The molecule has 1 saturated heterocycles. The van der Waals surface area contributed by atoms with Crippen molar-refractivity contribution < 1.29 is 9.59 Å². The van der Waals surface area contributed by atoms with Crippen molar-refractivity contribution in [2.24, 2.45) is 0 Å². The molecule has 3 aromatic rings. The largest absolute Gasteiger partial charge is 0.313 e. The third-order valence-corrected chi connectivity index (χ3v) is 6.99. The van der Waals surface area contributed by atoms with Gasteiger partial charge in [-0.3, -0.25) is 14.9 Å². The van der Waals surface area contributed by atoms with E-state index in [-0.39, 0.29) is 11.8 Å². The van der Waals surface area contributed by atoms with Crippen LogP contribution in [0.2, 0.25) is 19.6 Å². The average molecular weight is 351 g/mol. The molecule has 3 heterocycles. The van der Waals surface area contributed by atoms with E-state index in [1.54, 1.807) is 6.20 Å². The first-order chi connectivity index (χ1) is 11.9. The number of nitrogens with zero attached hydrogens (tertiary/aromatic N) is 2. The van der Waals surface area contributed by atoms with Gasteiger partial charge in [-0.25, -0.2) is 4.98 Å². The molecule has 2 aromatic heterocycles. The van der Waals surface area contributed by atoms with Gasteiger partial charge >= 0.3 is 0 Å². The van der Waals surface area contributed by atoms with Crippen molar-refractivity contribution in [3.63, 3.8) is 0 Å². The van der Waals surface area contributed by atoms with Gasteiger partial charge in [0.2, 0.25) is 11.8 Å². The lowest BCUT2D eigenvalue weighted by Gasteiger charge is -2.24. The Hall–Kier alpha value is -2.47. The smallest absolute Gasteiger partial charge is 0.249 e. The fourth-order valence-corrected chi connectivity index (χ4v) is 4.74. The molecule has 1 aliphatic rings. The predicted molar refractivity (Wildman–Crippen MR) is 102 cm³/mol. The quantitative estimate of drug-likeness (QED) is 0.570. The van der Waals surface area contributed by atoms with Crippen LogP contribution in [0.15, 0.2) is 36.5 Å². The highest BCUT2D eigenvalue weighted by Crippen LogP contribution is 2.33. The van der Waals surface area contributed by atoms with Crippen molar-refractivity contribution in [1.29, 1.82) is 0 Å². The number of amides is 2. The van der Waals surface area contributed by atoms with Crippen LogP contribution in [-0.2, 0) is 9.59 Å². The standard InChI is InChI=1S/C19H21N3O2Si/c1-25(2,3)12-6-7-13-14-5-4-10-20-18(14)22(16(13)11-12)15-8-9-17(23)21-19(15)24/h4-7,10-11,15H,8-9H2,1-3H3,(H,21,23,24). The second-order valence-electron chi connectivity index (χ2n) is 7.69. The van der Waals surface area contributed by atoms with E-state index in [4.69, 9.17) is 0 Å². The lowest BCUT2D eigenvalue weighted by atomic mass is 10.1. The molecule has 4 rings (SSSR count). The average Bonchev–Trinajstić information content (AvgIpc) is 2.88. The molecule has 0 aliphatic carbocycles. The van der Waals surface area contributed by atoms with Crippen LogP contribution in [0.3, 0.4) is 0 Å². The summed E-state index contributed by atoms with van der Waals surface area (Å²) in [5.41, 5.74) is 1.84. The van der Waals surface area contributed by atoms with Crippen LogP contribution in [0.4, 0.5) is 0 Å². The lowest BCUT2D eigenvalue weighted by Crippen LogP contribution is -2.42. The van der Waals surface area contributed by atoms with Gasteiger partial charge in [0.05, 0.1) is 13.6 Å². The lowest BCUT2D eigenvalue weighted by molar-refractivity contribution is -0.135. The molecule has 0 saturated carbocycles. The summed E-state index contributed by atoms with van der Waals surface area (Å²) in [5.74, 6) is -0.433. The molecule has 2 amide bonds. The summed E-state index contributed by atoms with van der Waals surface area (Å²) in [6, 6.07) is 10.1. The van der Waals surface area contributed by atoms with Crippen molar-refractivity contribution >= 4 is 47.0 Å². The Labute approximate surface area is 147 Å². The molecule has 1 atom stereocenters. The molecule has 1 N–H and O–H groups in total. The Bertz CT molecular complexity index is 1020. The highest BCUT2D eigenvalue weighted by molar-refractivity contribution is 6.88. The fourth-order valence-electron chi connectivity index (χ4n) is 3.58. The van der Waals surface area contributed by atoms with E-state index < -0.39 is 14.1 Å². The molecule has 1 aromatic carbocycles. The molecular weight excluding hydrogens is 330 g/mol. The number of carbonyl (C=O) groups is 2. The van der Waals surface area contributed by atoms with E-state index in [1.165, 1.54) is 5.19 Å². The molecule has 1 aliphatic heterocycles. The first-order valence-corrected chi connectivity index (χ1v) is 12.1. The molecule has 0 spiro atoms. The molecule has 6 heteroatoms. The fraction of sp³-hybridized carbons (Fsp3) is 0.316. The minimum absolute atomic E-state index is 0.197. The molecule has 0 radical (unpaired) electrons. The van der Waals surface area contributed by atoms with Gasteiger partial charge in [-0.1, -0.05) is 37.0 Å². The molecule has 1 unspecified atom stereocenters. The Morgan fingerprint density at radius 1 is 1.16 bits per heavy atom. The number of hydrogen-bond acceptors (Lipinski definition) is 3. The minimum Gasteiger partial charge on any atom is -0.313 e. The number of imide groups is 1. The van der Waals surface area contributed by atoms with Crippen LogP contribution < -0.4 is 10.5 Å². The maximum absolute atomic E-state index is 12.5. The maximum Gasteiger partial charge on any atom is 0.249 e. The van der Waals surface area contributed by atoms with Gasteiger partial charge in [-0.05, 0) is 24.6 Å². The zero-order valence-electron chi connectivity index (χ0n) is 14.7. The van der Waals surface area contributed by atoms with Crippen molar-refractivity contribution in [3.8, 4) is 0 Å². The van der Waals surface area contributed by atoms with E-state index in [1.807, 2.05) is 16.7 Å². The summed E-state index contributed by atoms with van der Waals surface area (Å²) in [4.78, 5) is 28.6. The number of pyridine rings is 1. The molecular formula is C19H21N3O2Si. The number of piperidine rings is 1. The highest BCUT2D eigenvalue weighted by Gasteiger charge is 2.31. The Morgan fingerprint density at radius 3 is 2.68 bits per heavy atom. The minimum atomic E-state index is -1.49. The molecule has 1 fully saturated rings. The Morgan fingerprint density at radius 2 is 1.96 bits per heavy atom. The summed E-state index contributed by atoms with van der Waals surface area (Å²) in [5, 5.41) is 5.97. The third-order valence-electron chi connectivity index (χ3n) is 4.95. The predicted octanol–water partition coefficient (Wildman–Crippen LogP) is 2.71. The normalized spacial score (nSPS) is 18.8. The second kappa shape index (κ2) is 5.52. The van der Waals surface area contributed by atoms with Crippen LogP contribution in [-0.4, -0.2) is 29.4 Å².